The Morgan fingerprint density at radius 3 is 2.75 bits per heavy atom. The molecule has 1 aromatic heterocycles. The third-order valence-corrected chi connectivity index (χ3v) is 5.62. The van der Waals surface area contributed by atoms with Crippen LogP contribution in [0, 0.1) is 5.82 Å². The molecule has 4 rings (SSSR count). The fourth-order valence-corrected chi connectivity index (χ4v) is 4.19. The van der Waals surface area contributed by atoms with Crippen LogP contribution in [0.1, 0.15) is 41.5 Å². The van der Waals surface area contributed by atoms with Crippen LogP contribution in [0.5, 0.6) is 0 Å². The summed E-state index contributed by atoms with van der Waals surface area (Å²) in [5, 5.41) is 9.23. The van der Waals surface area contributed by atoms with Crippen molar-refractivity contribution in [3.63, 3.8) is 0 Å². The van der Waals surface area contributed by atoms with Crippen molar-refractivity contribution in [1.82, 2.24) is 14.5 Å². The normalized spacial score (nSPS) is 17.4. The fraction of sp³-hybridized carbons (Fsp3) is 0.364. The molecule has 0 radical (unpaired) electrons. The third-order valence-electron chi connectivity index (χ3n) is 5.62. The summed E-state index contributed by atoms with van der Waals surface area (Å²) in [6, 6.07) is 12.3. The lowest BCUT2D eigenvalue weighted by Gasteiger charge is -2.24. The number of aromatic carboxylic acids is 1. The maximum absolute atomic E-state index is 13.2. The van der Waals surface area contributed by atoms with Crippen LogP contribution in [0.4, 0.5) is 4.39 Å². The highest BCUT2D eigenvalue weighted by Gasteiger charge is 2.26. The molecule has 6 heteroatoms. The number of hydrogen-bond acceptors (Lipinski definition) is 3. The van der Waals surface area contributed by atoms with Crippen molar-refractivity contribution in [3.8, 4) is 0 Å². The molecule has 1 N–H and O–H groups in total. The molecule has 2 heterocycles. The van der Waals surface area contributed by atoms with Crippen molar-refractivity contribution >= 4 is 17.0 Å². The van der Waals surface area contributed by atoms with E-state index >= 15 is 0 Å². The van der Waals surface area contributed by atoms with E-state index < -0.39 is 5.97 Å². The van der Waals surface area contributed by atoms with E-state index in [9.17, 15) is 14.3 Å². The van der Waals surface area contributed by atoms with Crippen molar-refractivity contribution in [2.45, 2.75) is 45.3 Å². The van der Waals surface area contributed by atoms with Crippen LogP contribution < -0.4 is 0 Å². The Hall–Kier alpha value is -2.73. The number of likely N-dealkylation sites (tertiary alicyclic amines) is 1. The summed E-state index contributed by atoms with van der Waals surface area (Å²) in [5.41, 5.74) is 3.10. The zero-order valence-electron chi connectivity index (χ0n) is 15.9. The predicted molar refractivity (Wildman–Crippen MR) is 106 cm³/mol. The van der Waals surface area contributed by atoms with Crippen LogP contribution in [0.15, 0.2) is 42.5 Å². The maximum Gasteiger partial charge on any atom is 0.335 e. The Kier molecular flexibility index (Phi) is 5.13. The minimum atomic E-state index is -0.937. The van der Waals surface area contributed by atoms with Gasteiger partial charge in [0.05, 0.1) is 23.1 Å². The summed E-state index contributed by atoms with van der Waals surface area (Å²) in [6.07, 6.45) is 3.16. The number of benzene rings is 2. The second-order valence-electron chi connectivity index (χ2n) is 7.38. The molecule has 1 aliphatic heterocycles. The number of rotatable bonds is 6. The van der Waals surface area contributed by atoms with Crippen LogP contribution >= 0.6 is 0 Å². The molecule has 2 aromatic carbocycles. The monoisotopic (exact) mass is 381 g/mol. The summed E-state index contributed by atoms with van der Waals surface area (Å²) in [5.74, 6) is -0.177. The van der Waals surface area contributed by atoms with Crippen LogP contribution in [-0.2, 0) is 19.5 Å². The second-order valence-corrected chi connectivity index (χ2v) is 7.38. The number of nitrogens with zero attached hydrogens (tertiary/aromatic N) is 3. The molecule has 0 aliphatic carbocycles. The molecule has 0 amide bonds. The van der Waals surface area contributed by atoms with Crippen molar-refractivity contribution < 1.29 is 14.3 Å². The van der Waals surface area contributed by atoms with Crippen molar-refractivity contribution in [1.29, 1.82) is 0 Å². The summed E-state index contributed by atoms with van der Waals surface area (Å²) in [7, 11) is 0. The molecular formula is C22H24FN3O2. The van der Waals surface area contributed by atoms with Gasteiger partial charge in [-0.15, -0.1) is 0 Å². The van der Waals surface area contributed by atoms with Gasteiger partial charge < -0.3 is 9.67 Å². The van der Waals surface area contributed by atoms with Crippen molar-refractivity contribution in [2.24, 2.45) is 0 Å². The Balaban J connectivity index is 1.57. The van der Waals surface area contributed by atoms with E-state index in [0.29, 0.717) is 6.04 Å². The highest BCUT2D eigenvalue weighted by Crippen LogP contribution is 2.25. The molecule has 146 valence electrons. The van der Waals surface area contributed by atoms with E-state index in [2.05, 4.69) is 16.4 Å². The molecule has 1 fully saturated rings. The number of fused-ring (bicyclic) bond motifs is 1. The number of aromatic nitrogens is 2. The number of hydrogen-bond donors (Lipinski definition) is 1. The number of imidazole rings is 1. The maximum atomic E-state index is 13.2. The highest BCUT2D eigenvalue weighted by atomic mass is 19.1. The van der Waals surface area contributed by atoms with Gasteiger partial charge in [0.1, 0.15) is 11.6 Å². The summed E-state index contributed by atoms with van der Waals surface area (Å²) >= 11 is 0. The van der Waals surface area contributed by atoms with E-state index in [4.69, 9.17) is 4.98 Å². The molecule has 28 heavy (non-hydrogen) atoms. The lowest BCUT2D eigenvalue weighted by atomic mass is 10.0. The van der Waals surface area contributed by atoms with Crippen molar-refractivity contribution in [2.75, 3.05) is 6.54 Å². The van der Waals surface area contributed by atoms with Gasteiger partial charge in [0.15, 0.2) is 0 Å². The van der Waals surface area contributed by atoms with Gasteiger partial charge in [-0.2, -0.15) is 0 Å². The Morgan fingerprint density at radius 2 is 2.04 bits per heavy atom. The van der Waals surface area contributed by atoms with Crippen LogP contribution in [0.2, 0.25) is 0 Å². The quantitative estimate of drug-likeness (QED) is 0.698. The lowest BCUT2D eigenvalue weighted by Crippen LogP contribution is -2.31. The van der Waals surface area contributed by atoms with Gasteiger partial charge in [-0.3, -0.25) is 4.90 Å². The molecule has 1 unspecified atom stereocenters. The first-order chi connectivity index (χ1) is 13.5. The number of carboxylic acid groups (broad SMARTS) is 1. The number of carboxylic acids is 1. The molecule has 3 aromatic rings. The largest absolute Gasteiger partial charge is 0.478 e. The van der Waals surface area contributed by atoms with E-state index in [-0.39, 0.29) is 11.4 Å². The first kappa shape index (κ1) is 18.6. The summed E-state index contributed by atoms with van der Waals surface area (Å²) in [4.78, 5) is 18.4. The molecule has 1 saturated heterocycles. The topological polar surface area (TPSA) is 58.4 Å². The zero-order chi connectivity index (χ0) is 19.7. The first-order valence-electron chi connectivity index (χ1n) is 9.76. The van der Waals surface area contributed by atoms with E-state index in [1.807, 2.05) is 18.2 Å². The van der Waals surface area contributed by atoms with Gasteiger partial charge in [0.2, 0.25) is 0 Å². The molecule has 0 saturated carbocycles. The van der Waals surface area contributed by atoms with Crippen LogP contribution in [-0.4, -0.2) is 38.1 Å². The molecule has 1 atom stereocenters. The van der Waals surface area contributed by atoms with Crippen LogP contribution in [0.25, 0.3) is 11.0 Å². The Morgan fingerprint density at radius 1 is 1.25 bits per heavy atom. The van der Waals surface area contributed by atoms with Gasteiger partial charge in [0.25, 0.3) is 0 Å². The van der Waals surface area contributed by atoms with Gasteiger partial charge in [-0.1, -0.05) is 12.1 Å². The van der Waals surface area contributed by atoms with E-state index in [1.54, 1.807) is 12.1 Å². The van der Waals surface area contributed by atoms with Gasteiger partial charge >= 0.3 is 5.97 Å². The Bertz CT molecular complexity index is 997. The second kappa shape index (κ2) is 7.72. The van der Waals surface area contributed by atoms with E-state index in [0.717, 1.165) is 61.3 Å². The number of carbonyl (C=O) groups is 1. The highest BCUT2D eigenvalue weighted by molar-refractivity contribution is 5.92. The predicted octanol–water partition coefficient (Wildman–Crippen LogP) is 4.10. The average molecular weight is 381 g/mol. The molecule has 0 spiro atoms. The SMILES string of the molecule is CCn1c(CN2CCCC2Cc2ccc(F)cc2)nc2cc(C(=O)O)ccc21. The van der Waals surface area contributed by atoms with Gasteiger partial charge in [-0.05, 0) is 68.6 Å². The van der Waals surface area contributed by atoms with Crippen molar-refractivity contribution in [3.05, 3.63) is 65.2 Å². The fourth-order valence-electron chi connectivity index (χ4n) is 4.19. The zero-order valence-corrected chi connectivity index (χ0v) is 15.9. The van der Waals surface area contributed by atoms with Crippen LogP contribution in [0.3, 0.4) is 0 Å². The van der Waals surface area contributed by atoms with Gasteiger partial charge in [0, 0.05) is 12.6 Å². The molecule has 5 nitrogen and oxygen atoms in total. The molecule has 1 aliphatic rings. The summed E-state index contributed by atoms with van der Waals surface area (Å²) in [6.45, 7) is 4.61. The third kappa shape index (κ3) is 3.64. The standard InChI is InChI=1S/C22H24FN3O2/c1-2-26-20-10-7-16(22(27)28)13-19(20)24-21(26)14-25-11-3-4-18(25)12-15-5-8-17(23)9-6-15/h5-10,13,18H,2-4,11-12,14H2,1H3,(H,27,28). The lowest BCUT2D eigenvalue weighted by molar-refractivity contribution is 0.0697. The average Bonchev–Trinajstić information content (AvgIpc) is 3.26. The Labute approximate surface area is 163 Å². The van der Waals surface area contributed by atoms with E-state index in [1.165, 1.54) is 12.1 Å². The molecule has 0 bridgehead atoms. The number of aryl methyl sites for hydroxylation is 1. The smallest absolute Gasteiger partial charge is 0.335 e. The number of halogens is 1. The molecular weight excluding hydrogens is 357 g/mol. The minimum absolute atomic E-state index is 0.204. The minimum Gasteiger partial charge on any atom is -0.478 e. The summed E-state index contributed by atoms with van der Waals surface area (Å²) < 4.78 is 15.3. The first-order valence-corrected chi connectivity index (χ1v) is 9.76. The van der Waals surface area contributed by atoms with Gasteiger partial charge in [-0.25, -0.2) is 14.2 Å².